The molecule has 0 spiro atoms. The number of fused-ring (bicyclic) bond motifs is 3. The highest BCUT2D eigenvalue weighted by atomic mass is 16.5. The normalized spacial score (nSPS) is 23.6. The number of ether oxygens (including phenoxy) is 1. The predicted molar refractivity (Wildman–Crippen MR) is 76.9 cm³/mol. The lowest BCUT2D eigenvalue weighted by Crippen LogP contribution is -2.55. The van der Waals surface area contributed by atoms with Crippen molar-refractivity contribution in [1.82, 2.24) is 9.88 Å². The summed E-state index contributed by atoms with van der Waals surface area (Å²) in [4.78, 5) is 9.62. The van der Waals surface area contributed by atoms with Crippen molar-refractivity contribution in [2.24, 2.45) is 0 Å². The van der Waals surface area contributed by atoms with Gasteiger partial charge in [-0.25, -0.2) is 4.98 Å². The standard InChI is InChI=1S/C15H23N3O/c1-11(2)17-5-6-18-13(10-17)4-7-19-14-8-12(3)9-16-15(14)18/h8-9,11,13H,4-7,10H2,1-3H3/t13-/m1/s1. The van der Waals surface area contributed by atoms with E-state index in [-0.39, 0.29) is 0 Å². The molecule has 4 nitrogen and oxygen atoms in total. The van der Waals surface area contributed by atoms with Crippen LogP contribution in [0.1, 0.15) is 25.8 Å². The maximum Gasteiger partial charge on any atom is 0.171 e. The molecule has 0 radical (unpaired) electrons. The zero-order chi connectivity index (χ0) is 13.4. The van der Waals surface area contributed by atoms with Crippen LogP contribution in [0.15, 0.2) is 12.3 Å². The van der Waals surface area contributed by atoms with Crippen molar-refractivity contribution in [1.29, 1.82) is 0 Å². The summed E-state index contributed by atoms with van der Waals surface area (Å²) in [6.45, 7) is 10.7. The molecule has 1 fully saturated rings. The first kappa shape index (κ1) is 12.7. The number of hydrogen-bond acceptors (Lipinski definition) is 4. The number of rotatable bonds is 1. The van der Waals surface area contributed by atoms with Crippen LogP contribution >= 0.6 is 0 Å². The predicted octanol–water partition coefficient (Wildman–Crippen LogP) is 2.07. The lowest BCUT2D eigenvalue weighted by atomic mass is 10.1. The van der Waals surface area contributed by atoms with Crippen LogP contribution < -0.4 is 9.64 Å². The highest BCUT2D eigenvalue weighted by molar-refractivity contribution is 5.55. The first-order valence-corrected chi connectivity index (χ1v) is 7.25. The van der Waals surface area contributed by atoms with E-state index in [0.29, 0.717) is 12.1 Å². The Bertz CT molecular complexity index is 461. The highest BCUT2D eigenvalue weighted by Crippen LogP contribution is 2.33. The fourth-order valence-corrected chi connectivity index (χ4v) is 3.04. The number of pyridine rings is 1. The van der Waals surface area contributed by atoms with Gasteiger partial charge in [0.1, 0.15) is 0 Å². The minimum Gasteiger partial charge on any atom is -0.490 e. The van der Waals surface area contributed by atoms with Crippen molar-refractivity contribution >= 4 is 5.82 Å². The Morgan fingerprint density at radius 2 is 2.21 bits per heavy atom. The molecule has 1 saturated heterocycles. The SMILES string of the molecule is Cc1cnc2c(c1)OCC[C@@H]1CN(C(C)C)CCN21. The van der Waals surface area contributed by atoms with Gasteiger partial charge in [0.2, 0.25) is 0 Å². The van der Waals surface area contributed by atoms with Crippen LogP contribution in [-0.4, -0.2) is 48.2 Å². The minimum atomic E-state index is 0.535. The molecule has 0 aromatic carbocycles. The molecule has 4 heteroatoms. The van der Waals surface area contributed by atoms with E-state index in [4.69, 9.17) is 4.74 Å². The monoisotopic (exact) mass is 261 g/mol. The van der Waals surface area contributed by atoms with Crippen LogP contribution in [0.5, 0.6) is 5.75 Å². The van der Waals surface area contributed by atoms with Gasteiger partial charge in [0.05, 0.1) is 6.61 Å². The third-order valence-corrected chi connectivity index (χ3v) is 4.19. The van der Waals surface area contributed by atoms with E-state index in [1.807, 2.05) is 6.20 Å². The second kappa shape index (κ2) is 5.00. The lowest BCUT2D eigenvalue weighted by molar-refractivity contribution is 0.172. The molecule has 3 heterocycles. The largest absolute Gasteiger partial charge is 0.490 e. The second-order valence-electron chi connectivity index (χ2n) is 5.91. The van der Waals surface area contributed by atoms with Crippen molar-refractivity contribution in [3.8, 4) is 5.75 Å². The van der Waals surface area contributed by atoms with Crippen LogP contribution in [0.25, 0.3) is 0 Å². The van der Waals surface area contributed by atoms with Gasteiger partial charge in [-0.15, -0.1) is 0 Å². The molecule has 0 aliphatic carbocycles. The Morgan fingerprint density at radius 1 is 1.37 bits per heavy atom. The summed E-state index contributed by atoms with van der Waals surface area (Å²) < 4.78 is 5.89. The molecule has 1 aromatic heterocycles. The third-order valence-electron chi connectivity index (χ3n) is 4.19. The molecule has 0 amide bonds. The molecule has 19 heavy (non-hydrogen) atoms. The fourth-order valence-electron chi connectivity index (χ4n) is 3.04. The first-order chi connectivity index (χ1) is 9.15. The lowest BCUT2D eigenvalue weighted by Gasteiger charge is -2.42. The number of aromatic nitrogens is 1. The quantitative estimate of drug-likeness (QED) is 0.774. The van der Waals surface area contributed by atoms with Crippen molar-refractivity contribution in [3.63, 3.8) is 0 Å². The van der Waals surface area contributed by atoms with Gasteiger partial charge in [0.15, 0.2) is 11.6 Å². The number of piperazine rings is 1. The van der Waals surface area contributed by atoms with Gasteiger partial charge in [0.25, 0.3) is 0 Å². The maximum atomic E-state index is 5.89. The zero-order valence-corrected chi connectivity index (χ0v) is 12.1. The van der Waals surface area contributed by atoms with Gasteiger partial charge >= 0.3 is 0 Å². The summed E-state index contributed by atoms with van der Waals surface area (Å²) in [6, 6.07) is 3.27. The van der Waals surface area contributed by atoms with Crippen LogP contribution in [0, 0.1) is 6.92 Å². The average molecular weight is 261 g/mol. The summed E-state index contributed by atoms with van der Waals surface area (Å²) in [7, 11) is 0. The fraction of sp³-hybridized carbons (Fsp3) is 0.667. The number of aryl methyl sites for hydroxylation is 1. The molecule has 0 N–H and O–H groups in total. The smallest absolute Gasteiger partial charge is 0.171 e. The van der Waals surface area contributed by atoms with E-state index in [1.165, 1.54) is 0 Å². The molecule has 0 bridgehead atoms. The Hall–Kier alpha value is -1.29. The molecular formula is C15H23N3O. The summed E-state index contributed by atoms with van der Waals surface area (Å²) in [6.07, 6.45) is 3.03. The van der Waals surface area contributed by atoms with Crippen molar-refractivity contribution in [2.75, 3.05) is 31.1 Å². The van der Waals surface area contributed by atoms with Crippen molar-refractivity contribution in [3.05, 3.63) is 17.8 Å². The number of anilines is 1. The highest BCUT2D eigenvalue weighted by Gasteiger charge is 2.32. The Labute approximate surface area is 115 Å². The minimum absolute atomic E-state index is 0.535. The van der Waals surface area contributed by atoms with E-state index in [2.05, 4.69) is 41.6 Å². The summed E-state index contributed by atoms with van der Waals surface area (Å²) in [5, 5.41) is 0. The molecule has 3 rings (SSSR count). The van der Waals surface area contributed by atoms with Gasteiger partial charge in [0, 0.05) is 44.3 Å². The van der Waals surface area contributed by atoms with Gasteiger partial charge < -0.3 is 9.64 Å². The van der Waals surface area contributed by atoms with Gasteiger partial charge in [-0.3, -0.25) is 4.90 Å². The molecule has 104 valence electrons. The summed E-state index contributed by atoms with van der Waals surface area (Å²) >= 11 is 0. The van der Waals surface area contributed by atoms with Gasteiger partial charge in [-0.1, -0.05) is 0 Å². The van der Waals surface area contributed by atoms with Crippen molar-refractivity contribution in [2.45, 2.75) is 39.3 Å². The van der Waals surface area contributed by atoms with Crippen LogP contribution in [0.4, 0.5) is 5.82 Å². The molecule has 1 aromatic rings. The van der Waals surface area contributed by atoms with Crippen molar-refractivity contribution < 1.29 is 4.74 Å². The third kappa shape index (κ3) is 2.41. The van der Waals surface area contributed by atoms with Crippen LogP contribution in [0.3, 0.4) is 0 Å². The van der Waals surface area contributed by atoms with E-state index >= 15 is 0 Å². The molecule has 2 aliphatic heterocycles. The molecule has 0 unspecified atom stereocenters. The Morgan fingerprint density at radius 3 is 3.00 bits per heavy atom. The molecule has 1 atom stereocenters. The van der Waals surface area contributed by atoms with E-state index in [9.17, 15) is 0 Å². The average Bonchev–Trinajstić information content (AvgIpc) is 2.56. The van der Waals surface area contributed by atoms with Gasteiger partial charge in [-0.2, -0.15) is 0 Å². The van der Waals surface area contributed by atoms with E-state index in [1.54, 1.807) is 0 Å². The second-order valence-corrected chi connectivity index (χ2v) is 5.91. The molecular weight excluding hydrogens is 238 g/mol. The zero-order valence-electron chi connectivity index (χ0n) is 12.1. The summed E-state index contributed by atoms with van der Waals surface area (Å²) in [5.74, 6) is 2.00. The topological polar surface area (TPSA) is 28.6 Å². The maximum absolute atomic E-state index is 5.89. The van der Waals surface area contributed by atoms with Crippen LogP contribution in [-0.2, 0) is 0 Å². The summed E-state index contributed by atoms with van der Waals surface area (Å²) in [5.41, 5.74) is 1.16. The van der Waals surface area contributed by atoms with Gasteiger partial charge in [-0.05, 0) is 32.4 Å². The van der Waals surface area contributed by atoms with E-state index in [0.717, 1.165) is 49.8 Å². The van der Waals surface area contributed by atoms with E-state index < -0.39 is 0 Å². The Kier molecular flexibility index (Phi) is 3.35. The Balaban J connectivity index is 1.87. The number of nitrogens with zero attached hydrogens (tertiary/aromatic N) is 3. The molecule has 0 saturated carbocycles. The first-order valence-electron chi connectivity index (χ1n) is 7.25. The number of hydrogen-bond donors (Lipinski definition) is 0. The molecule has 2 aliphatic rings. The van der Waals surface area contributed by atoms with Crippen LogP contribution in [0.2, 0.25) is 0 Å².